The Kier molecular flexibility index (Phi) is 7.60. The lowest BCUT2D eigenvalue weighted by Gasteiger charge is -2.37. The van der Waals surface area contributed by atoms with Gasteiger partial charge in [0.05, 0.1) is 27.0 Å². The van der Waals surface area contributed by atoms with E-state index in [0.717, 1.165) is 5.56 Å². The van der Waals surface area contributed by atoms with Crippen LogP contribution >= 0.6 is 0 Å². The maximum absolute atomic E-state index is 15.3. The Morgan fingerprint density at radius 1 is 0.900 bits per heavy atom. The molecular weight excluding hydrogens is 511 g/mol. The molecule has 1 aliphatic carbocycles. The molecule has 1 amide bonds. The van der Waals surface area contributed by atoms with E-state index in [4.69, 9.17) is 14.2 Å². The summed E-state index contributed by atoms with van der Waals surface area (Å²) in [7, 11) is 4.67. The molecule has 0 saturated heterocycles. The fraction of sp³-hybridized carbons (Fsp3) is 0.250. The number of nitrogens with one attached hydrogen (secondary N) is 2. The van der Waals surface area contributed by atoms with Gasteiger partial charge in [-0.2, -0.15) is 0 Å². The van der Waals surface area contributed by atoms with E-state index in [-0.39, 0.29) is 29.3 Å². The van der Waals surface area contributed by atoms with Crippen LogP contribution in [0.5, 0.6) is 17.2 Å². The number of hydrogen-bond donors (Lipinski definition) is 2. The van der Waals surface area contributed by atoms with Gasteiger partial charge in [-0.1, -0.05) is 36.4 Å². The summed E-state index contributed by atoms with van der Waals surface area (Å²) in [5, 5.41) is 6.24. The fourth-order valence-electron chi connectivity index (χ4n) is 5.64. The molecule has 0 aromatic heterocycles. The van der Waals surface area contributed by atoms with Gasteiger partial charge in [-0.25, -0.2) is 4.39 Å². The molecule has 2 aliphatic rings. The van der Waals surface area contributed by atoms with E-state index in [0.29, 0.717) is 46.3 Å². The topological polar surface area (TPSA) is 85.9 Å². The summed E-state index contributed by atoms with van der Waals surface area (Å²) in [6.07, 6.45) is 0.724. The van der Waals surface area contributed by atoms with Crippen molar-refractivity contribution < 1.29 is 28.2 Å². The molecule has 0 spiro atoms. The first-order valence-electron chi connectivity index (χ1n) is 13.0. The number of hydrogen-bond acceptors (Lipinski definition) is 6. The van der Waals surface area contributed by atoms with Crippen LogP contribution in [-0.4, -0.2) is 33.0 Å². The van der Waals surface area contributed by atoms with Gasteiger partial charge in [0, 0.05) is 40.4 Å². The number of rotatable bonds is 7. The van der Waals surface area contributed by atoms with Crippen LogP contribution in [-0.2, 0) is 9.59 Å². The maximum Gasteiger partial charge on any atom is 0.254 e. The zero-order valence-corrected chi connectivity index (χ0v) is 22.8. The van der Waals surface area contributed by atoms with Crippen LogP contribution in [0.4, 0.5) is 10.1 Å². The third kappa shape index (κ3) is 4.93. The molecule has 8 heteroatoms. The van der Waals surface area contributed by atoms with E-state index in [2.05, 4.69) is 10.6 Å². The smallest absolute Gasteiger partial charge is 0.254 e. The SMILES string of the molecule is COc1ccccc1NC(=O)C1=C(C)NC2=C(C(=O)C[C@H](c3ccc(OC)c(OC)c3)C2)[C@@H]1c1ccccc1F. The number of benzene rings is 3. The van der Waals surface area contributed by atoms with Crippen LogP contribution < -0.4 is 24.8 Å². The van der Waals surface area contributed by atoms with Crippen LogP contribution in [0.3, 0.4) is 0 Å². The molecular formula is C32H31FN2O5. The van der Waals surface area contributed by atoms with E-state index < -0.39 is 17.6 Å². The fourth-order valence-corrected chi connectivity index (χ4v) is 5.64. The second-order valence-corrected chi connectivity index (χ2v) is 9.81. The number of allylic oxidation sites excluding steroid dienone is 3. The third-order valence-corrected chi connectivity index (χ3v) is 7.52. The summed E-state index contributed by atoms with van der Waals surface area (Å²) in [4.78, 5) is 27.7. The standard InChI is InChI=1S/C32H31FN2O5/c1-18-29(32(37)35-23-11-7-8-12-26(23)38-2)30(21-9-5-6-10-22(21)33)31-24(34-18)15-20(16-25(31)36)19-13-14-27(39-3)28(17-19)40-4/h5-14,17,20,30,34H,15-16H2,1-4H3,(H,35,37)/t20-,30-/m1/s1. The summed E-state index contributed by atoms with van der Waals surface area (Å²) in [6.45, 7) is 1.78. The van der Waals surface area contributed by atoms with E-state index in [1.54, 1.807) is 63.6 Å². The minimum absolute atomic E-state index is 0.128. The summed E-state index contributed by atoms with van der Waals surface area (Å²) >= 11 is 0. The van der Waals surface area contributed by atoms with Crippen molar-refractivity contribution in [3.05, 3.63) is 106 Å². The van der Waals surface area contributed by atoms with Crippen molar-refractivity contribution >= 4 is 17.4 Å². The maximum atomic E-state index is 15.3. The molecule has 2 atom stereocenters. The molecule has 5 rings (SSSR count). The molecule has 1 aliphatic heterocycles. The Morgan fingerprint density at radius 3 is 2.33 bits per heavy atom. The Hall–Kier alpha value is -4.59. The third-order valence-electron chi connectivity index (χ3n) is 7.52. The minimum Gasteiger partial charge on any atom is -0.495 e. The van der Waals surface area contributed by atoms with E-state index >= 15 is 4.39 Å². The molecule has 0 fully saturated rings. The van der Waals surface area contributed by atoms with Crippen molar-refractivity contribution in [2.24, 2.45) is 0 Å². The minimum atomic E-state index is -0.869. The zero-order chi connectivity index (χ0) is 28.4. The summed E-state index contributed by atoms with van der Waals surface area (Å²) in [6, 6.07) is 19.0. The molecule has 7 nitrogen and oxygen atoms in total. The van der Waals surface area contributed by atoms with Crippen LogP contribution in [0.15, 0.2) is 89.3 Å². The Balaban J connectivity index is 1.56. The summed E-state index contributed by atoms with van der Waals surface area (Å²) in [5.41, 5.74) is 3.63. The van der Waals surface area contributed by atoms with Gasteiger partial charge in [0.2, 0.25) is 0 Å². The molecule has 0 radical (unpaired) electrons. The van der Waals surface area contributed by atoms with E-state index in [9.17, 15) is 9.59 Å². The van der Waals surface area contributed by atoms with Gasteiger partial charge in [0.25, 0.3) is 5.91 Å². The highest BCUT2D eigenvalue weighted by atomic mass is 19.1. The van der Waals surface area contributed by atoms with Crippen molar-refractivity contribution in [3.63, 3.8) is 0 Å². The normalized spacial score (nSPS) is 18.6. The number of halogens is 1. The van der Waals surface area contributed by atoms with Crippen LogP contribution in [0.2, 0.25) is 0 Å². The lowest BCUT2D eigenvalue weighted by Crippen LogP contribution is -2.37. The zero-order valence-electron chi connectivity index (χ0n) is 22.8. The molecule has 0 saturated carbocycles. The predicted molar refractivity (Wildman–Crippen MR) is 150 cm³/mol. The first-order chi connectivity index (χ1) is 19.4. The van der Waals surface area contributed by atoms with Gasteiger partial charge < -0.3 is 24.8 Å². The Labute approximate surface area is 232 Å². The molecule has 206 valence electrons. The highest BCUT2D eigenvalue weighted by Gasteiger charge is 2.42. The number of methoxy groups -OCH3 is 3. The van der Waals surface area contributed by atoms with Crippen molar-refractivity contribution in [1.82, 2.24) is 5.32 Å². The van der Waals surface area contributed by atoms with E-state index in [1.807, 2.05) is 18.2 Å². The number of carbonyl (C=O) groups is 2. The van der Waals surface area contributed by atoms with Crippen molar-refractivity contribution in [1.29, 1.82) is 0 Å². The lowest BCUT2D eigenvalue weighted by molar-refractivity contribution is -0.116. The summed E-state index contributed by atoms with van der Waals surface area (Å²) in [5.74, 6) is -0.380. The lowest BCUT2D eigenvalue weighted by atomic mass is 9.71. The van der Waals surface area contributed by atoms with Crippen LogP contribution in [0, 0.1) is 5.82 Å². The first kappa shape index (κ1) is 27.0. The van der Waals surface area contributed by atoms with Crippen LogP contribution in [0.1, 0.15) is 42.7 Å². The van der Waals surface area contributed by atoms with Crippen molar-refractivity contribution in [2.75, 3.05) is 26.6 Å². The summed E-state index contributed by atoms with van der Waals surface area (Å²) < 4.78 is 31.5. The molecule has 1 heterocycles. The number of ketones is 1. The number of amides is 1. The Bertz CT molecular complexity index is 1540. The number of carbonyl (C=O) groups excluding carboxylic acids is 2. The van der Waals surface area contributed by atoms with Gasteiger partial charge in [-0.3, -0.25) is 9.59 Å². The molecule has 3 aromatic carbocycles. The molecule has 3 aromatic rings. The Morgan fingerprint density at radius 2 is 1.60 bits per heavy atom. The highest BCUT2D eigenvalue weighted by molar-refractivity contribution is 6.10. The first-order valence-corrected chi connectivity index (χ1v) is 13.0. The van der Waals surface area contributed by atoms with Gasteiger partial charge in [-0.15, -0.1) is 0 Å². The van der Waals surface area contributed by atoms with Crippen molar-refractivity contribution in [2.45, 2.75) is 31.6 Å². The second kappa shape index (κ2) is 11.3. The molecule has 2 N–H and O–H groups in total. The number of para-hydroxylation sites is 2. The number of dihydropyridines is 1. The van der Waals surface area contributed by atoms with Gasteiger partial charge in [0.15, 0.2) is 17.3 Å². The van der Waals surface area contributed by atoms with Gasteiger partial charge in [-0.05, 0) is 55.2 Å². The molecule has 0 unspecified atom stereocenters. The number of ether oxygens (including phenoxy) is 3. The van der Waals surface area contributed by atoms with Crippen LogP contribution in [0.25, 0.3) is 0 Å². The largest absolute Gasteiger partial charge is 0.495 e. The molecule has 0 bridgehead atoms. The van der Waals surface area contributed by atoms with Gasteiger partial charge >= 0.3 is 0 Å². The van der Waals surface area contributed by atoms with Gasteiger partial charge in [0.1, 0.15) is 11.6 Å². The average Bonchev–Trinajstić information content (AvgIpc) is 2.96. The predicted octanol–water partition coefficient (Wildman–Crippen LogP) is 5.85. The average molecular weight is 543 g/mol. The van der Waals surface area contributed by atoms with E-state index in [1.165, 1.54) is 13.2 Å². The highest BCUT2D eigenvalue weighted by Crippen LogP contribution is 2.47. The second-order valence-electron chi connectivity index (χ2n) is 9.81. The quantitative estimate of drug-likeness (QED) is 0.390. The number of Topliss-reactive ketones (excluding diaryl/α,β-unsaturated/α-hetero) is 1. The van der Waals surface area contributed by atoms with Crippen molar-refractivity contribution in [3.8, 4) is 17.2 Å². The molecule has 40 heavy (non-hydrogen) atoms. The number of anilines is 1. The monoisotopic (exact) mass is 542 g/mol.